The van der Waals surface area contributed by atoms with Gasteiger partial charge in [-0.2, -0.15) is 0 Å². The third-order valence-electron chi connectivity index (χ3n) is 6.30. The Morgan fingerprint density at radius 1 is 1.00 bits per heavy atom. The molecule has 2 aliphatic rings. The quantitative estimate of drug-likeness (QED) is 0.519. The largest absolute Gasteiger partial charge is 0.378 e. The molecule has 2 amide bonds. The molecule has 4 heterocycles. The number of urea groups is 1. The molecule has 3 aromatic rings. The second kappa shape index (κ2) is 9.87. The summed E-state index contributed by atoms with van der Waals surface area (Å²) in [5, 5.41) is 1.17. The molecule has 0 saturated carbocycles. The van der Waals surface area contributed by atoms with Gasteiger partial charge in [-0.1, -0.05) is 18.2 Å². The fourth-order valence-corrected chi connectivity index (χ4v) is 6.11. The van der Waals surface area contributed by atoms with Crippen LogP contribution in [0.3, 0.4) is 0 Å². The van der Waals surface area contributed by atoms with Crippen LogP contribution in [-0.2, 0) is 10.5 Å². The van der Waals surface area contributed by atoms with Crippen molar-refractivity contribution in [2.45, 2.75) is 24.5 Å². The molecule has 0 atom stereocenters. The van der Waals surface area contributed by atoms with Crippen molar-refractivity contribution in [3.8, 4) is 0 Å². The van der Waals surface area contributed by atoms with E-state index in [9.17, 15) is 4.79 Å². The first-order chi connectivity index (χ1) is 16.1. The highest BCUT2D eigenvalue weighted by molar-refractivity contribution is 7.98. The number of hydrogen-bond acceptors (Lipinski definition) is 7. The average molecular weight is 484 g/mol. The Kier molecular flexibility index (Phi) is 6.71. The molecule has 0 aliphatic carbocycles. The van der Waals surface area contributed by atoms with Gasteiger partial charge >= 0.3 is 6.03 Å². The number of aryl methyl sites for hydroxylation is 2. The number of nitrogens with zero attached hydrogens (tertiary/aromatic N) is 5. The van der Waals surface area contributed by atoms with Crippen LogP contribution in [0.5, 0.6) is 0 Å². The van der Waals surface area contributed by atoms with Crippen molar-refractivity contribution in [2.75, 3.05) is 57.4 Å². The Hall–Kier alpha value is -2.36. The number of hydrogen-bond donors (Lipinski definition) is 0. The lowest BCUT2D eigenvalue weighted by Crippen LogP contribution is -2.55. The van der Waals surface area contributed by atoms with Gasteiger partial charge in [0.25, 0.3) is 0 Å². The smallest absolute Gasteiger partial charge is 0.320 e. The van der Waals surface area contributed by atoms with Crippen molar-refractivity contribution in [3.05, 3.63) is 46.6 Å². The summed E-state index contributed by atoms with van der Waals surface area (Å²) < 4.78 is 5.39. The number of carbonyl (C=O) groups excluding carboxylic acids is 1. The number of benzene rings is 1. The Morgan fingerprint density at radius 3 is 2.42 bits per heavy atom. The van der Waals surface area contributed by atoms with E-state index in [1.54, 1.807) is 23.1 Å². The van der Waals surface area contributed by atoms with Gasteiger partial charge in [0.1, 0.15) is 16.5 Å². The van der Waals surface area contributed by atoms with Crippen LogP contribution in [0.4, 0.5) is 10.6 Å². The molecule has 9 heteroatoms. The third-order valence-corrected chi connectivity index (χ3v) is 8.41. The maximum Gasteiger partial charge on any atom is 0.320 e. The number of thiophene rings is 1. The van der Waals surface area contributed by atoms with Gasteiger partial charge in [-0.05, 0) is 31.5 Å². The molecule has 0 bridgehead atoms. The highest BCUT2D eigenvalue weighted by Crippen LogP contribution is 2.36. The number of carbonyl (C=O) groups is 1. The fourth-order valence-electron chi connectivity index (χ4n) is 4.29. The van der Waals surface area contributed by atoms with Crippen LogP contribution in [0.25, 0.3) is 10.2 Å². The molecule has 33 heavy (non-hydrogen) atoms. The summed E-state index contributed by atoms with van der Waals surface area (Å²) in [5.74, 6) is 2.61. The molecule has 174 valence electrons. The van der Waals surface area contributed by atoms with Crippen LogP contribution < -0.4 is 4.90 Å². The van der Waals surface area contributed by atoms with Gasteiger partial charge in [0.05, 0.1) is 24.4 Å². The summed E-state index contributed by atoms with van der Waals surface area (Å²) in [6.45, 7) is 9.92. The van der Waals surface area contributed by atoms with E-state index < -0.39 is 0 Å². The van der Waals surface area contributed by atoms with Gasteiger partial charge < -0.3 is 19.4 Å². The summed E-state index contributed by atoms with van der Waals surface area (Å²) in [4.78, 5) is 32.6. The first kappa shape index (κ1) is 22.4. The van der Waals surface area contributed by atoms with E-state index in [-0.39, 0.29) is 6.03 Å². The van der Waals surface area contributed by atoms with Gasteiger partial charge in [-0.25, -0.2) is 14.8 Å². The Bertz CT molecular complexity index is 1120. The Labute approximate surface area is 202 Å². The van der Waals surface area contributed by atoms with Crippen LogP contribution in [0.2, 0.25) is 0 Å². The van der Waals surface area contributed by atoms with Gasteiger partial charge in [-0.3, -0.25) is 0 Å². The minimum absolute atomic E-state index is 0.133. The molecule has 2 fully saturated rings. The highest BCUT2D eigenvalue weighted by Gasteiger charge is 2.28. The second-order valence-corrected chi connectivity index (χ2v) is 10.6. The van der Waals surface area contributed by atoms with Crippen molar-refractivity contribution in [3.63, 3.8) is 0 Å². The summed E-state index contributed by atoms with van der Waals surface area (Å²) in [5.41, 5.74) is 1.26. The lowest BCUT2D eigenvalue weighted by molar-refractivity contribution is 0.0428. The number of aromatic nitrogens is 2. The zero-order valence-corrected chi connectivity index (χ0v) is 20.8. The van der Waals surface area contributed by atoms with Crippen molar-refractivity contribution in [1.29, 1.82) is 0 Å². The molecule has 0 radical (unpaired) electrons. The van der Waals surface area contributed by atoms with E-state index in [0.717, 1.165) is 35.3 Å². The standard InChI is InChI=1S/C24H29N5O2S2/c1-17-18(2)33-23-21(17)22(25-20(26-23)16-32-19-6-4-3-5-7-19)27-8-10-28(11-9-27)24(30)29-12-14-31-15-13-29/h3-7H,8-16H2,1-2H3. The van der Waals surface area contributed by atoms with E-state index in [1.807, 2.05) is 15.9 Å². The first-order valence-electron chi connectivity index (χ1n) is 11.4. The molecule has 0 unspecified atom stereocenters. The predicted molar refractivity (Wildman–Crippen MR) is 134 cm³/mol. The lowest BCUT2D eigenvalue weighted by Gasteiger charge is -2.39. The van der Waals surface area contributed by atoms with Gasteiger partial charge in [0, 0.05) is 49.0 Å². The van der Waals surface area contributed by atoms with Gasteiger partial charge in [-0.15, -0.1) is 23.1 Å². The summed E-state index contributed by atoms with van der Waals surface area (Å²) in [6.07, 6.45) is 0. The van der Waals surface area contributed by atoms with E-state index in [2.05, 4.69) is 43.0 Å². The van der Waals surface area contributed by atoms with E-state index in [0.29, 0.717) is 39.4 Å². The van der Waals surface area contributed by atoms with Crippen molar-refractivity contribution >= 4 is 45.2 Å². The molecule has 2 aromatic heterocycles. The summed E-state index contributed by atoms with van der Waals surface area (Å²) in [6, 6.07) is 10.5. The summed E-state index contributed by atoms with van der Waals surface area (Å²) >= 11 is 3.51. The lowest BCUT2D eigenvalue weighted by atomic mass is 10.2. The topological polar surface area (TPSA) is 61.8 Å². The second-order valence-electron chi connectivity index (χ2n) is 8.38. The number of piperazine rings is 1. The molecule has 5 rings (SSSR count). The van der Waals surface area contributed by atoms with Crippen LogP contribution in [0, 0.1) is 13.8 Å². The molecule has 7 nitrogen and oxygen atoms in total. The maximum atomic E-state index is 12.9. The molecule has 2 saturated heterocycles. The van der Waals surface area contributed by atoms with Crippen LogP contribution in [-0.4, -0.2) is 78.3 Å². The van der Waals surface area contributed by atoms with Crippen molar-refractivity contribution in [2.24, 2.45) is 0 Å². The normalized spacial score (nSPS) is 17.1. The minimum Gasteiger partial charge on any atom is -0.378 e. The zero-order valence-electron chi connectivity index (χ0n) is 19.1. The number of ether oxygens (including phenoxy) is 1. The number of amides is 2. The molecule has 0 N–H and O–H groups in total. The van der Waals surface area contributed by atoms with Crippen LogP contribution >= 0.6 is 23.1 Å². The van der Waals surface area contributed by atoms with Crippen LogP contribution in [0.1, 0.15) is 16.3 Å². The molecule has 0 spiro atoms. The highest BCUT2D eigenvalue weighted by atomic mass is 32.2. The van der Waals surface area contributed by atoms with E-state index in [1.165, 1.54) is 20.7 Å². The average Bonchev–Trinajstić information content (AvgIpc) is 3.16. The number of morpholine rings is 1. The molecule has 1 aromatic carbocycles. The van der Waals surface area contributed by atoms with E-state index >= 15 is 0 Å². The predicted octanol–water partition coefficient (Wildman–Crippen LogP) is 4.17. The third kappa shape index (κ3) is 4.81. The number of anilines is 1. The maximum absolute atomic E-state index is 12.9. The molecule has 2 aliphatic heterocycles. The number of thioether (sulfide) groups is 1. The minimum atomic E-state index is 0.133. The summed E-state index contributed by atoms with van der Waals surface area (Å²) in [7, 11) is 0. The number of rotatable bonds is 4. The monoisotopic (exact) mass is 483 g/mol. The molecular formula is C24H29N5O2S2. The van der Waals surface area contributed by atoms with E-state index in [4.69, 9.17) is 14.7 Å². The Morgan fingerprint density at radius 2 is 1.70 bits per heavy atom. The van der Waals surface area contributed by atoms with Crippen LogP contribution in [0.15, 0.2) is 35.2 Å². The van der Waals surface area contributed by atoms with Gasteiger partial charge in [0.2, 0.25) is 0 Å². The van der Waals surface area contributed by atoms with Crippen molar-refractivity contribution in [1.82, 2.24) is 19.8 Å². The van der Waals surface area contributed by atoms with Crippen molar-refractivity contribution < 1.29 is 9.53 Å². The Balaban J connectivity index is 1.35. The molecular weight excluding hydrogens is 454 g/mol. The SMILES string of the molecule is Cc1sc2nc(CSc3ccccc3)nc(N3CCN(C(=O)N4CCOCC4)CC3)c2c1C. The van der Waals surface area contributed by atoms with Gasteiger partial charge in [0.15, 0.2) is 0 Å². The first-order valence-corrected chi connectivity index (χ1v) is 13.2. The number of fused-ring (bicyclic) bond motifs is 1. The zero-order chi connectivity index (χ0) is 22.8. The fraction of sp³-hybridized carbons (Fsp3) is 0.458.